The van der Waals surface area contributed by atoms with Crippen molar-refractivity contribution < 1.29 is 0 Å². The van der Waals surface area contributed by atoms with Crippen LogP contribution in [0.5, 0.6) is 0 Å². The average molecular weight is 216 g/mol. The molecule has 0 aliphatic carbocycles. The predicted octanol–water partition coefficient (Wildman–Crippen LogP) is 2.16. The van der Waals surface area contributed by atoms with Gasteiger partial charge in [-0.25, -0.2) is 0 Å². The van der Waals surface area contributed by atoms with Crippen molar-refractivity contribution in [1.29, 1.82) is 0 Å². The van der Waals surface area contributed by atoms with E-state index in [1.807, 2.05) is 29.8 Å². The van der Waals surface area contributed by atoms with Crippen LogP contribution in [0.25, 0.3) is 17.0 Å². The molecule has 0 amide bonds. The molecule has 0 bridgehead atoms. The van der Waals surface area contributed by atoms with Crippen LogP contribution in [-0.2, 0) is 0 Å². The molecule has 5 heteroatoms. The molecule has 0 fully saturated rings. The monoisotopic (exact) mass is 216 g/mol. The normalized spacial score (nSPS) is 11.0. The fourth-order valence-corrected chi connectivity index (χ4v) is 2.13. The molecule has 3 heterocycles. The number of aromatic nitrogens is 4. The molecule has 0 aliphatic heterocycles. The maximum absolute atomic E-state index is 4.25. The molecule has 0 aromatic carbocycles. The summed E-state index contributed by atoms with van der Waals surface area (Å²) in [7, 11) is 0. The predicted molar refractivity (Wildman–Crippen MR) is 58.8 cm³/mol. The van der Waals surface area contributed by atoms with Gasteiger partial charge in [-0.1, -0.05) is 0 Å². The Bertz CT molecular complexity index is 597. The molecule has 0 radical (unpaired) electrons. The van der Waals surface area contributed by atoms with Crippen molar-refractivity contribution in [2.45, 2.75) is 6.92 Å². The van der Waals surface area contributed by atoms with Crippen molar-refractivity contribution in [3.05, 3.63) is 34.7 Å². The fraction of sp³-hybridized carbons (Fsp3) is 0.100. The molecule has 0 atom stereocenters. The number of fused-ring (bicyclic) bond motifs is 1. The van der Waals surface area contributed by atoms with Crippen LogP contribution in [0.15, 0.2) is 29.1 Å². The molecule has 15 heavy (non-hydrogen) atoms. The number of nitrogens with zero attached hydrogens (tertiary/aromatic N) is 4. The lowest BCUT2D eigenvalue weighted by Crippen LogP contribution is -1.94. The van der Waals surface area contributed by atoms with Crippen molar-refractivity contribution >= 4 is 17.0 Å². The maximum atomic E-state index is 4.25. The van der Waals surface area contributed by atoms with Crippen LogP contribution in [-0.4, -0.2) is 19.8 Å². The van der Waals surface area contributed by atoms with Crippen molar-refractivity contribution in [2.75, 3.05) is 0 Å². The van der Waals surface area contributed by atoms with Gasteiger partial charge in [-0.15, -0.1) is 10.2 Å². The Hall–Kier alpha value is -1.75. The molecule has 3 rings (SSSR count). The molecular weight excluding hydrogens is 208 g/mol. The lowest BCUT2D eigenvalue weighted by molar-refractivity contribution is 0.929. The van der Waals surface area contributed by atoms with Crippen molar-refractivity contribution in [2.24, 2.45) is 0 Å². The first-order valence-corrected chi connectivity index (χ1v) is 5.50. The number of aryl methyl sites for hydroxylation is 1. The molecule has 0 spiro atoms. The molecular formula is C10H8N4S. The minimum Gasteiger partial charge on any atom is -0.192 e. The SMILES string of the molecule is Cc1ccnn2c(-c3ccsc3)nnc12. The van der Waals surface area contributed by atoms with E-state index in [-0.39, 0.29) is 0 Å². The zero-order valence-electron chi connectivity index (χ0n) is 8.08. The third-order valence-corrected chi connectivity index (χ3v) is 2.96. The van der Waals surface area contributed by atoms with Gasteiger partial charge in [-0.05, 0) is 30.0 Å². The molecule has 0 saturated heterocycles. The van der Waals surface area contributed by atoms with E-state index in [0.29, 0.717) is 0 Å². The second kappa shape index (κ2) is 3.13. The summed E-state index contributed by atoms with van der Waals surface area (Å²) in [5.74, 6) is 0.801. The second-order valence-corrected chi connectivity index (χ2v) is 4.07. The minimum atomic E-state index is 0.801. The summed E-state index contributed by atoms with van der Waals surface area (Å²) in [6.45, 7) is 2.00. The Labute approximate surface area is 90.2 Å². The van der Waals surface area contributed by atoms with E-state index in [9.17, 15) is 0 Å². The topological polar surface area (TPSA) is 43.1 Å². The van der Waals surface area contributed by atoms with Gasteiger partial charge in [0.05, 0.1) is 0 Å². The number of thiophene rings is 1. The Morgan fingerprint density at radius 3 is 3.00 bits per heavy atom. The third kappa shape index (κ3) is 1.24. The Morgan fingerprint density at radius 2 is 2.20 bits per heavy atom. The largest absolute Gasteiger partial charge is 0.192 e. The summed E-state index contributed by atoms with van der Waals surface area (Å²) in [6, 6.07) is 3.95. The lowest BCUT2D eigenvalue weighted by Gasteiger charge is -1.96. The Balaban J connectivity index is 2.34. The fourth-order valence-electron chi connectivity index (χ4n) is 1.49. The van der Waals surface area contributed by atoms with Gasteiger partial charge < -0.3 is 0 Å². The van der Waals surface area contributed by atoms with Gasteiger partial charge in [0.15, 0.2) is 11.5 Å². The highest BCUT2D eigenvalue weighted by molar-refractivity contribution is 7.08. The van der Waals surface area contributed by atoms with E-state index in [4.69, 9.17) is 0 Å². The zero-order valence-corrected chi connectivity index (χ0v) is 8.90. The standard InChI is InChI=1S/C10H8N4S/c1-7-2-4-11-14-9(7)12-13-10(14)8-3-5-15-6-8/h2-6H,1H3. The van der Waals surface area contributed by atoms with Crippen LogP contribution in [0.2, 0.25) is 0 Å². The third-order valence-electron chi connectivity index (χ3n) is 2.28. The highest BCUT2D eigenvalue weighted by Gasteiger charge is 2.09. The van der Waals surface area contributed by atoms with Crippen LogP contribution in [0.4, 0.5) is 0 Å². The molecule has 0 N–H and O–H groups in total. The van der Waals surface area contributed by atoms with Crippen molar-refractivity contribution in [1.82, 2.24) is 19.8 Å². The minimum absolute atomic E-state index is 0.801. The molecule has 0 saturated carbocycles. The van der Waals surface area contributed by atoms with E-state index in [2.05, 4.69) is 15.3 Å². The summed E-state index contributed by atoms with van der Waals surface area (Å²) in [4.78, 5) is 0. The molecule has 4 nitrogen and oxygen atoms in total. The van der Waals surface area contributed by atoms with Crippen LogP contribution >= 0.6 is 11.3 Å². The maximum Gasteiger partial charge on any atom is 0.186 e. The van der Waals surface area contributed by atoms with Crippen LogP contribution in [0.1, 0.15) is 5.56 Å². The van der Waals surface area contributed by atoms with Gasteiger partial charge in [0.25, 0.3) is 0 Å². The number of rotatable bonds is 1. The van der Waals surface area contributed by atoms with Crippen LogP contribution < -0.4 is 0 Å². The van der Waals surface area contributed by atoms with E-state index < -0.39 is 0 Å². The van der Waals surface area contributed by atoms with Crippen molar-refractivity contribution in [3.8, 4) is 11.4 Å². The van der Waals surface area contributed by atoms with Crippen LogP contribution in [0, 0.1) is 6.92 Å². The number of hydrogen-bond acceptors (Lipinski definition) is 4. The van der Waals surface area contributed by atoms with Crippen molar-refractivity contribution in [3.63, 3.8) is 0 Å². The number of hydrogen-bond donors (Lipinski definition) is 0. The van der Waals surface area contributed by atoms with E-state index in [1.165, 1.54) is 0 Å². The van der Waals surface area contributed by atoms with E-state index in [1.54, 1.807) is 22.0 Å². The highest BCUT2D eigenvalue weighted by Crippen LogP contribution is 2.20. The summed E-state index contributed by atoms with van der Waals surface area (Å²) >= 11 is 1.64. The van der Waals surface area contributed by atoms with Crippen LogP contribution in [0.3, 0.4) is 0 Å². The van der Waals surface area contributed by atoms with Gasteiger partial charge in [0.1, 0.15) is 0 Å². The summed E-state index contributed by atoms with van der Waals surface area (Å²) < 4.78 is 1.78. The molecule has 0 unspecified atom stereocenters. The molecule has 3 aromatic rings. The van der Waals surface area contributed by atoms with Gasteiger partial charge in [0, 0.05) is 17.1 Å². The quantitative estimate of drug-likeness (QED) is 0.626. The Kier molecular flexibility index (Phi) is 1.78. The van der Waals surface area contributed by atoms with Gasteiger partial charge in [-0.3, -0.25) is 0 Å². The molecule has 3 aromatic heterocycles. The van der Waals surface area contributed by atoms with E-state index in [0.717, 1.165) is 22.6 Å². The smallest absolute Gasteiger partial charge is 0.186 e. The summed E-state index contributed by atoms with van der Waals surface area (Å²) in [6.07, 6.45) is 1.77. The molecule has 0 aliphatic rings. The summed E-state index contributed by atoms with van der Waals surface area (Å²) in [5, 5.41) is 16.6. The average Bonchev–Trinajstić information content (AvgIpc) is 2.85. The van der Waals surface area contributed by atoms with Gasteiger partial charge >= 0.3 is 0 Å². The highest BCUT2D eigenvalue weighted by atomic mass is 32.1. The summed E-state index contributed by atoms with van der Waals surface area (Å²) in [5.41, 5.74) is 2.96. The van der Waals surface area contributed by atoms with E-state index >= 15 is 0 Å². The van der Waals surface area contributed by atoms with Gasteiger partial charge in [-0.2, -0.15) is 21.0 Å². The first kappa shape index (κ1) is 8.55. The Morgan fingerprint density at radius 1 is 1.27 bits per heavy atom. The second-order valence-electron chi connectivity index (χ2n) is 3.29. The first-order chi connectivity index (χ1) is 7.36. The van der Waals surface area contributed by atoms with Gasteiger partial charge in [0.2, 0.25) is 0 Å². The zero-order chi connectivity index (χ0) is 10.3. The first-order valence-electron chi connectivity index (χ1n) is 4.56. The lowest BCUT2D eigenvalue weighted by atomic mass is 10.3. The molecule has 74 valence electrons.